The fourth-order valence-electron chi connectivity index (χ4n) is 1.51. The van der Waals surface area contributed by atoms with Crippen molar-refractivity contribution in [1.29, 1.82) is 0 Å². The molecule has 0 amide bonds. The van der Waals surface area contributed by atoms with Crippen LogP contribution >= 0.6 is 0 Å². The first-order valence-electron chi connectivity index (χ1n) is 5.62. The normalized spacial score (nSPS) is 15.4. The molecule has 0 spiro atoms. The monoisotopic (exact) mass is 204 g/mol. The highest BCUT2D eigenvalue weighted by Gasteiger charge is 2.17. The van der Waals surface area contributed by atoms with Crippen molar-refractivity contribution in [2.45, 2.75) is 38.7 Å². The van der Waals surface area contributed by atoms with Gasteiger partial charge in [-0.05, 0) is 18.9 Å². The highest BCUT2D eigenvalue weighted by atomic mass is 16.3. The van der Waals surface area contributed by atoms with Crippen LogP contribution in [0.1, 0.15) is 38.7 Å². The number of unbranched alkanes of at least 4 members (excludes halogenated alkanes) is 2. The van der Waals surface area contributed by atoms with Gasteiger partial charge in [0, 0.05) is 0 Å². The van der Waals surface area contributed by atoms with E-state index in [-0.39, 0.29) is 0 Å². The lowest BCUT2D eigenvalue weighted by molar-refractivity contribution is 0.111. The van der Waals surface area contributed by atoms with Crippen molar-refractivity contribution in [2.75, 3.05) is 0 Å². The van der Waals surface area contributed by atoms with Crippen molar-refractivity contribution >= 4 is 0 Å². The van der Waals surface area contributed by atoms with E-state index in [1.54, 1.807) is 0 Å². The van der Waals surface area contributed by atoms with Gasteiger partial charge in [-0.3, -0.25) is 0 Å². The molecule has 1 atom stereocenters. The average Bonchev–Trinajstić information content (AvgIpc) is 2.26. The molecule has 0 fully saturated rings. The van der Waals surface area contributed by atoms with Gasteiger partial charge in [-0.15, -0.1) is 0 Å². The molecule has 15 heavy (non-hydrogen) atoms. The Morgan fingerprint density at radius 2 is 1.93 bits per heavy atom. The number of allylic oxidation sites excluding steroid dienone is 1. The second-order valence-corrected chi connectivity index (χ2v) is 4.06. The van der Waals surface area contributed by atoms with E-state index >= 15 is 0 Å². The van der Waals surface area contributed by atoms with Crippen molar-refractivity contribution in [3.05, 3.63) is 48.0 Å². The first kappa shape index (κ1) is 12.0. The van der Waals surface area contributed by atoms with E-state index in [4.69, 9.17) is 0 Å². The Morgan fingerprint density at radius 1 is 1.27 bits per heavy atom. The number of benzene rings is 1. The van der Waals surface area contributed by atoms with Crippen molar-refractivity contribution in [3.8, 4) is 0 Å². The van der Waals surface area contributed by atoms with Gasteiger partial charge in [-0.25, -0.2) is 0 Å². The molecule has 1 nitrogen and oxygen atoms in total. The molecule has 0 radical (unpaired) electrons. The summed E-state index contributed by atoms with van der Waals surface area (Å²) in [7, 11) is 0. The lowest BCUT2D eigenvalue weighted by Gasteiger charge is -2.19. The molecule has 0 saturated heterocycles. The van der Waals surface area contributed by atoms with Gasteiger partial charge in [0.25, 0.3) is 0 Å². The third-order valence-electron chi connectivity index (χ3n) is 2.52. The molecule has 0 aliphatic rings. The molecule has 1 heteroatoms. The zero-order valence-electron chi connectivity index (χ0n) is 9.61. The minimum absolute atomic E-state index is 0.838. The minimum Gasteiger partial charge on any atom is -0.381 e. The highest BCUT2D eigenvalue weighted by molar-refractivity contribution is 5.25. The molecule has 1 aromatic carbocycles. The molecule has 0 aliphatic carbocycles. The topological polar surface area (TPSA) is 20.2 Å². The number of rotatable bonds is 5. The summed E-state index contributed by atoms with van der Waals surface area (Å²) in [6.07, 6.45) is 7.37. The molecule has 0 bridgehead atoms. The maximum atomic E-state index is 10.2. The van der Waals surface area contributed by atoms with Crippen LogP contribution in [-0.4, -0.2) is 5.11 Å². The summed E-state index contributed by atoms with van der Waals surface area (Å²) in [5.74, 6) is 0. The van der Waals surface area contributed by atoms with Gasteiger partial charge in [0.15, 0.2) is 0 Å². The molecule has 1 unspecified atom stereocenters. The second-order valence-electron chi connectivity index (χ2n) is 4.06. The molecular weight excluding hydrogens is 184 g/mol. The fourth-order valence-corrected chi connectivity index (χ4v) is 1.51. The third kappa shape index (κ3) is 3.88. The summed E-state index contributed by atoms with van der Waals surface area (Å²) in [5, 5.41) is 10.2. The van der Waals surface area contributed by atoms with E-state index < -0.39 is 5.60 Å². The summed E-state index contributed by atoms with van der Waals surface area (Å²) in [6.45, 7) is 3.99. The zero-order valence-corrected chi connectivity index (χ0v) is 9.61. The van der Waals surface area contributed by atoms with E-state index in [9.17, 15) is 5.11 Å². The van der Waals surface area contributed by atoms with Crippen LogP contribution in [0.15, 0.2) is 42.5 Å². The summed E-state index contributed by atoms with van der Waals surface area (Å²) < 4.78 is 0. The maximum absolute atomic E-state index is 10.2. The van der Waals surface area contributed by atoms with Gasteiger partial charge in [-0.1, -0.05) is 62.2 Å². The lowest BCUT2D eigenvalue weighted by atomic mass is 9.95. The van der Waals surface area contributed by atoms with Gasteiger partial charge in [-0.2, -0.15) is 0 Å². The van der Waals surface area contributed by atoms with Crippen molar-refractivity contribution in [1.82, 2.24) is 0 Å². The fraction of sp³-hybridized carbons (Fsp3) is 0.429. The summed E-state index contributed by atoms with van der Waals surface area (Å²) in [5.41, 5.74) is 0.104. The first-order valence-corrected chi connectivity index (χ1v) is 5.62. The van der Waals surface area contributed by atoms with E-state index in [1.165, 1.54) is 12.8 Å². The molecule has 0 aromatic heterocycles. The average molecular weight is 204 g/mol. The molecular formula is C14H20O. The molecule has 0 aliphatic heterocycles. The Morgan fingerprint density at radius 3 is 2.53 bits per heavy atom. The van der Waals surface area contributed by atoms with Gasteiger partial charge < -0.3 is 5.11 Å². The third-order valence-corrected chi connectivity index (χ3v) is 2.52. The Bertz CT molecular complexity index is 298. The number of hydrogen-bond acceptors (Lipinski definition) is 1. The van der Waals surface area contributed by atoms with Crippen LogP contribution in [0.5, 0.6) is 0 Å². The smallest absolute Gasteiger partial charge is 0.105 e. The van der Waals surface area contributed by atoms with E-state index in [0.717, 1.165) is 12.0 Å². The predicted molar refractivity (Wildman–Crippen MR) is 64.7 cm³/mol. The van der Waals surface area contributed by atoms with Crippen LogP contribution < -0.4 is 0 Å². The number of aliphatic hydroxyl groups is 1. The number of hydrogen-bond donors (Lipinski definition) is 1. The quantitative estimate of drug-likeness (QED) is 0.573. The Balaban J connectivity index is 2.63. The first-order chi connectivity index (χ1) is 7.17. The van der Waals surface area contributed by atoms with Crippen molar-refractivity contribution in [2.24, 2.45) is 0 Å². The van der Waals surface area contributed by atoms with Crippen LogP contribution in [0.25, 0.3) is 0 Å². The van der Waals surface area contributed by atoms with Crippen LogP contribution in [0, 0.1) is 0 Å². The summed E-state index contributed by atoms with van der Waals surface area (Å²) >= 11 is 0. The minimum atomic E-state index is -0.838. The highest BCUT2D eigenvalue weighted by Crippen LogP contribution is 2.21. The Hall–Kier alpha value is -1.08. The molecule has 1 aromatic rings. The largest absolute Gasteiger partial charge is 0.381 e. The Kier molecular flexibility index (Phi) is 4.57. The van der Waals surface area contributed by atoms with E-state index in [1.807, 2.05) is 43.3 Å². The van der Waals surface area contributed by atoms with Crippen molar-refractivity contribution < 1.29 is 5.11 Å². The zero-order chi connectivity index (χ0) is 11.1. The molecule has 1 N–H and O–H groups in total. The van der Waals surface area contributed by atoms with Crippen LogP contribution in [0.3, 0.4) is 0 Å². The molecule has 82 valence electrons. The molecule has 1 rings (SSSR count). The van der Waals surface area contributed by atoms with E-state index in [0.29, 0.717) is 0 Å². The molecule has 0 heterocycles. The standard InChI is InChI=1S/C14H20O/c1-3-4-5-9-12-14(2,15)13-10-7-6-8-11-13/h6-12,15H,3-5H2,1-2H3/b12-9+. The summed E-state index contributed by atoms with van der Waals surface area (Å²) in [4.78, 5) is 0. The van der Waals surface area contributed by atoms with Gasteiger partial charge in [0.05, 0.1) is 0 Å². The van der Waals surface area contributed by atoms with Crippen LogP contribution in [0.4, 0.5) is 0 Å². The van der Waals surface area contributed by atoms with Gasteiger partial charge in [0.1, 0.15) is 5.60 Å². The Labute approximate surface area is 92.5 Å². The van der Waals surface area contributed by atoms with E-state index in [2.05, 4.69) is 13.0 Å². The van der Waals surface area contributed by atoms with Crippen LogP contribution in [-0.2, 0) is 5.60 Å². The van der Waals surface area contributed by atoms with Crippen molar-refractivity contribution in [3.63, 3.8) is 0 Å². The maximum Gasteiger partial charge on any atom is 0.105 e. The summed E-state index contributed by atoms with van der Waals surface area (Å²) in [6, 6.07) is 9.75. The molecule has 0 saturated carbocycles. The SMILES string of the molecule is CCCC/C=C/C(C)(O)c1ccccc1. The lowest BCUT2D eigenvalue weighted by Crippen LogP contribution is -2.17. The predicted octanol–water partition coefficient (Wildman–Crippen LogP) is 3.64. The van der Waals surface area contributed by atoms with Crippen LogP contribution in [0.2, 0.25) is 0 Å². The van der Waals surface area contributed by atoms with Gasteiger partial charge in [0.2, 0.25) is 0 Å². The second kappa shape index (κ2) is 5.72. The van der Waals surface area contributed by atoms with Gasteiger partial charge >= 0.3 is 0 Å².